The van der Waals surface area contributed by atoms with Crippen molar-refractivity contribution in [2.24, 2.45) is 0 Å². The van der Waals surface area contributed by atoms with Crippen LogP contribution in [0, 0.1) is 3.57 Å². The molecule has 21 heavy (non-hydrogen) atoms. The first-order chi connectivity index (χ1) is 9.91. The minimum absolute atomic E-state index is 0.180. The van der Waals surface area contributed by atoms with E-state index >= 15 is 0 Å². The lowest BCUT2D eigenvalue weighted by Gasteiger charge is -2.18. The van der Waals surface area contributed by atoms with Crippen LogP contribution >= 0.6 is 22.6 Å². The first-order valence-corrected chi connectivity index (χ1v) is 8.12. The molecule has 3 rings (SSSR count). The van der Waals surface area contributed by atoms with Gasteiger partial charge in [0.1, 0.15) is 17.2 Å². The molecule has 0 spiro atoms. The molecule has 0 radical (unpaired) electrons. The van der Waals surface area contributed by atoms with Crippen LogP contribution in [-0.4, -0.2) is 15.6 Å². The maximum atomic E-state index is 6.10. The summed E-state index contributed by atoms with van der Waals surface area (Å²) < 4.78 is 7.04. The van der Waals surface area contributed by atoms with Crippen molar-refractivity contribution in [3.8, 4) is 17.1 Å². The molecule has 0 unspecified atom stereocenters. The molecule has 0 bridgehead atoms. The van der Waals surface area contributed by atoms with E-state index in [4.69, 9.17) is 10.5 Å². The zero-order valence-electron chi connectivity index (χ0n) is 12.4. The number of anilines is 1. The van der Waals surface area contributed by atoms with Crippen LogP contribution in [0.15, 0.2) is 18.2 Å². The monoisotopic (exact) mass is 395 g/mol. The maximum absolute atomic E-state index is 6.10. The summed E-state index contributed by atoms with van der Waals surface area (Å²) in [6.07, 6.45) is 1.73. The number of aryl methyl sites for hydroxylation is 1. The smallest absolute Gasteiger partial charge is 0.165 e. The Bertz CT molecular complexity index is 713. The van der Waals surface area contributed by atoms with Gasteiger partial charge in [0.05, 0.1) is 14.8 Å². The molecule has 0 saturated carbocycles. The molecule has 1 aliphatic heterocycles. The molecule has 4 nitrogen and oxygen atoms in total. The molecule has 2 heterocycles. The summed E-state index contributed by atoms with van der Waals surface area (Å²) >= 11 is 2.20. The van der Waals surface area contributed by atoms with Crippen LogP contribution in [0.3, 0.4) is 0 Å². The Balaban J connectivity index is 2.16. The average Bonchev–Trinajstić information content (AvgIpc) is 2.75. The average molecular weight is 395 g/mol. The van der Waals surface area contributed by atoms with Crippen LogP contribution in [0.2, 0.25) is 0 Å². The maximum Gasteiger partial charge on any atom is 0.165 e. The highest BCUT2D eigenvalue weighted by Crippen LogP contribution is 2.41. The number of halogens is 1. The van der Waals surface area contributed by atoms with E-state index in [0.29, 0.717) is 11.6 Å². The van der Waals surface area contributed by atoms with E-state index < -0.39 is 0 Å². The predicted molar refractivity (Wildman–Crippen MR) is 92.4 cm³/mol. The number of nitrogens with two attached hydrogens (primary N) is 1. The Labute approximate surface area is 138 Å². The second-order valence-electron chi connectivity index (χ2n) is 5.88. The zero-order chi connectivity index (χ0) is 15.2. The van der Waals surface area contributed by atoms with Crippen LogP contribution in [0.4, 0.5) is 5.82 Å². The Hall–Kier alpha value is -1.37. The molecule has 1 aromatic heterocycles. The zero-order valence-corrected chi connectivity index (χ0v) is 14.6. The topological polar surface area (TPSA) is 61.0 Å². The lowest BCUT2D eigenvalue weighted by Crippen LogP contribution is -2.24. The molecule has 0 fully saturated rings. The number of para-hydroxylation sites is 1. The Morgan fingerprint density at radius 3 is 2.81 bits per heavy atom. The van der Waals surface area contributed by atoms with Gasteiger partial charge in [-0.1, -0.05) is 19.1 Å². The quantitative estimate of drug-likeness (QED) is 0.790. The minimum atomic E-state index is -0.180. The number of hydrogen-bond acceptors (Lipinski definition) is 4. The molecule has 2 N–H and O–H groups in total. The van der Waals surface area contributed by atoms with Crippen LogP contribution < -0.4 is 10.5 Å². The highest BCUT2D eigenvalue weighted by atomic mass is 127. The molecule has 0 saturated heterocycles. The summed E-state index contributed by atoms with van der Waals surface area (Å²) in [7, 11) is 0. The number of fused-ring (bicyclic) bond motifs is 1. The van der Waals surface area contributed by atoms with Gasteiger partial charge in [0, 0.05) is 6.42 Å². The summed E-state index contributed by atoms with van der Waals surface area (Å²) in [5.74, 6) is 2.08. The molecule has 0 amide bonds. The first kappa shape index (κ1) is 14.6. The van der Waals surface area contributed by atoms with E-state index in [2.05, 4.69) is 59.4 Å². The van der Waals surface area contributed by atoms with E-state index in [-0.39, 0.29) is 5.60 Å². The SMILES string of the molecule is CCc1nc(-c2cccc3c2OC(C)(C)C3)nc(N)c1I. The number of aromatic nitrogens is 2. The van der Waals surface area contributed by atoms with Gasteiger partial charge in [-0.25, -0.2) is 9.97 Å². The second-order valence-corrected chi connectivity index (χ2v) is 6.96. The summed E-state index contributed by atoms with van der Waals surface area (Å²) in [6.45, 7) is 6.26. The highest BCUT2D eigenvalue weighted by Gasteiger charge is 2.32. The number of rotatable bonds is 2. The van der Waals surface area contributed by atoms with E-state index in [1.165, 1.54) is 5.56 Å². The third-order valence-corrected chi connectivity index (χ3v) is 4.79. The first-order valence-electron chi connectivity index (χ1n) is 7.04. The molecular formula is C16H18IN3O. The van der Waals surface area contributed by atoms with Gasteiger partial charge in [-0.05, 0) is 54.5 Å². The Morgan fingerprint density at radius 2 is 2.10 bits per heavy atom. The fourth-order valence-corrected chi connectivity index (χ4v) is 3.28. The molecule has 1 aliphatic rings. The third-order valence-electron chi connectivity index (χ3n) is 3.61. The number of hydrogen-bond donors (Lipinski definition) is 1. The van der Waals surface area contributed by atoms with Crippen molar-refractivity contribution in [3.05, 3.63) is 33.0 Å². The summed E-state index contributed by atoms with van der Waals surface area (Å²) in [6, 6.07) is 6.13. The fourth-order valence-electron chi connectivity index (χ4n) is 2.66. The van der Waals surface area contributed by atoms with E-state index in [9.17, 15) is 0 Å². The normalized spacial score (nSPS) is 15.6. The van der Waals surface area contributed by atoms with Gasteiger partial charge in [-0.2, -0.15) is 0 Å². The second kappa shape index (κ2) is 5.12. The van der Waals surface area contributed by atoms with Crippen molar-refractivity contribution in [1.82, 2.24) is 9.97 Å². The largest absolute Gasteiger partial charge is 0.486 e. The molecule has 0 atom stereocenters. The lowest BCUT2D eigenvalue weighted by molar-refractivity contribution is 0.139. The molecule has 2 aromatic rings. The van der Waals surface area contributed by atoms with Crippen molar-refractivity contribution in [2.45, 2.75) is 39.2 Å². The van der Waals surface area contributed by atoms with E-state index in [0.717, 1.165) is 33.4 Å². The fraction of sp³-hybridized carbons (Fsp3) is 0.375. The van der Waals surface area contributed by atoms with Crippen molar-refractivity contribution >= 4 is 28.4 Å². The lowest BCUT2D eigenvalue weighted by atomic mass is 10.0. The molecule has 0 aliphatic carbocycles. The van der Waals surface area contributed by atoms with Gasteiger partial charge in [-0.3, -0.25) is 0 Å². The highest BCUT2D eigenvalue weighted by molar-refractivity contribution is 14.1. The Kier molecular flexibility index (Phi) is 3.55. The number of nitrogens with zero attached hydrogens (tertiary/aromatic N) is 2. The van der Waals surface area contributed by atoms with Crippen LogP contribution in [-0.2, 0) is 12.8 Å². The standard InChI is InChI=1S/C16H18IN3O/c1-4-11-12(17)14(18)20-15(19-11)10-7-5-6-9-8-16(2,3)21-13(9)10/h5-7H,4,8H2,1-3H3,(H2,18,19,20). The van der Waals surface area contributed by atoms with Gasteiger partial charge >= 0.3 is 0 Å². The van der Waals surface area contributed by atoms with Crippen LogP contribution in [0.1, 0.15) is 32.0 Å². The molecule has 1 aromatic carbocycles. The molecule has 110 valence electrons. The van der Waals surface area contributed by atoms with E-state index in [1.54, 1.807) is 0 Å². The van der Waals surface area contributed by atoms with Gasteiger partial charge < -0.3 is 10.5 Å². The number of benzene rings is 1. The third kappa shape index (κ3) is 2.59. The summed E-state index contributed by atoms with van der Waals surface area (Å²) in [5.41, 5.74) is 8.96. The van der Waals surface area contributed by atoms with E-state index in [1.807, 2.05) is 12.1 Å². The van der Waals surface area contributed by atoms with Gasteiger partial charge in [-0.15, -0.1) is 0 Å². The number of nitrogen functional groups attached to an aromatic ring is 1. The van der Waals surface area contributed by atoms with Crippen molar-refractivity contribution in [3.63, 3.8) is 0 Å². The molecular weight excluding hydrogens is 377 g/mol. The van der Waals surface area contributed by atoms with Crippen LogP contribution in [0.5, 0.6) is 5.75 Å². The predicted octanol–water partition coefficient (Wildman–Crippen LogP) is 3.61. The van der Waals surface area contributed by atoms with Gasteiger partial charge in [0.25, 0.3) is 0 Å². The summed E-state index contributed by atoms with van der Waals surface area (Å²) in [4.78, 5) is 9.12. The molecule has 5 heteroatoms. The number of ether oxygens (including phenoxy) is 1. The Morgan fingerprint density at radius 1 is 1.33 bits per heavy atom. The van der Waals surface area contributed by atoms with Gasteiger partial charge in [0.15, 0.2) is 5.82 Å². The van der Waals surface area contributed by atoms with Crippen molar-refractivity contribution < 1.29 is 4.74 Å². The van der Waals surface area contributed by atoms with Crippen LogP contribution in [0.25, 0.3) is 11.4 Å². The van der Waals surface area contributed by atoms with Crippen molar-refractivity contribution in [2.75, 3.05) is 5.73 Å². The summed E-state index contributed by atoms with van der Waals surface area (Å²) in [5, 5.41) is 0. The minimum Gasteiger partial charge on any atom is -0.486 e. The van der Waals surface area contributed by atoms with Crippen molar-refractivity contribution in [1.29, 1.82) is 0 Å². The van der Waals surface area contributed by atoms with Gasteiger partial charge in [0.2, 0.25) is 0 Å².